The van der Waals surface area contributed by atoms with E-state index in [1.807, 2.05) is 26.0 Å². The average molecular weight is 271 g/mol. The number of fused-ring (bicyclic) bond motifs is 2. The molecule has 20 heavy (non-hydrogen) atoms. The molecule has 4 nitrogen and oxygen atoms in total. The van der Waals surface area contributed by atoms with Crippen LogP contribution in [0.5, 0.6) is 5.75 Å². The zero-order valence-electron chi connectivity index (χ0n) is 11.6. The summed E-state index contributed by atoms with van der Waals surface area (Å²) in [6, 6.07) is 3.78. The molecule has 2 heterocycles. The molecule has 0 radical (unpaired) electrons. The predicted molar refractivity (Wildman–Crippen MR) is 76.8 cm³/mol. The van der Waals surface area contributed by atoms with Crippen molar-refractivity contribution < 1.29 is 13.9 Å². The van der Waals surface area contributed by atoms with Crippen LogP contribution in [0.1, 0.15) is 36.3 Å². The van der Waals surface area contributed by atoms with Crippen molar-refractivity contribution in [2.75, 3.05) is 0 Å². The maximum absolute atomic E-state index is 10.4. The lowest BCUT2D eigenvalue weighted by atomic mass is 9.71. The Kier molecular flexibility index (Phi) is 2.12. The summed E-state index contributed by atoms with van der Waals surface area (Å²) >= 11 is 0. The van der Waals surface area contributed by atoms with Crippen molar-refractivity contribution in [1.82, 2.24) is 0 Å². The highest BCUT2D eigenvalue weighted by molar-refractivity contribution is 6.05. The lowest BCUT2D eigenvalue weighted by molar-refractivity contribution is 0.255. The molecule has 3 aromatic rings. The number of nitrogens with two attached hydrogens (primary N) is 1. The Bertz CT molecular complexity index is 779. The van der Waals surface area contributed by atoms with Crippen LogP contribution in [0.3, 0.4) is 0 Å². The molecule has 0 unspecified atom stereocenters. The summed E-state index contributed by atoms with van der Waals surface area (Å²) in [5.41, 5.74) is 8.37. The van der Waals surface area contributed by atoms with Crippen LogP contribution in [0.25, 0.3) is 21.9 Å². The summed E-state index contributed by atoms with van der Waals surface area (Å²) < 4.78 is 11.5. The van der Waals surface area contributed by atoms with E-state index in [2.05, 4.69) is 0 Å². The largest absolute Gasteiger partial charge is 0.504 e. The minimum absolute atomic E-state index is 0.145. The van der Waals surface area contributed by atoms with Gasteiger partial charge in [-0.25, -0.2) is 0 Å². The molecule has 1 saturated carbocycles. The van der Waals surface area contributed by atoms with E-state index in [0.717, 1.165) is 41.7 Å². The first-order valence-corrected chi connectivity index (χ1v) is 6.94. The van der Waals surface area contributed by atoms with E-state index in [9.17, 15) is 5.11 Å². The van der Waals surface area contributed by atoms with Crippen molar-refractivity contribution in [3.63, 3.8) is 0 Å². The fourth-order valence-corrected chi connectivity index (χ4v) is 3.30. The van der Waals surface area contributed by atoms with E-state index in [4.69, 9.17) is 14.6 Å². The van der Waals surface area contributed by atoms with E-state index in [-0.39, 0.29) is 11.3 Å². The summed E-state index contributed by atoms with van der Waals surface area (Å²) in [7, 11) is 0. The van der Waals surface area contributed by atoms with Crippen LogP contribution in [-0.4, -0.2) is 5.11 Å². The second-order valence-electron chi connectivity index (χ2n) is 5.93. The van der Waals surface area contributed by atoms with Crippen molar-refractivity contribution in [1.29, 1.82) is 0 Å². The second kappa shape index (κ2) is 3.58. The first kappa shape index (κ1) is 11.9. The predicted octanol–water partition coefficient (Wildman–Crippen LogP) is 3.84. The quantitative estimate of drug-likeness (QED) is 0.705. The molecular formula is C16H17NO3. The van der Waals surface area contributed by atoms with Gasteiger partial charge >= 0.3 is 0 Å². The Morgan fingerprint density at radius 2 is 1.65 bits per heavy atom. The molecule has 1 aromatic carbocycles. The second-order valence-corrected chi connectivity index (χ2v) is 5.93. The van der Waals surface area contributed by atoms with E-state index < -0.39 is 0 Å². The van der Waals surface area contributed by atoms with Gasteiger partial charge in [-0.1, -0.05) is 0 Å². The minimum Gasteiger partial charge on any atom is -0.504 e. The van der Waals surface area contributed by atoms with Gasteiger partial charge in [0.15, 0.2) is 11.3 Å². The van der Waals surface area contributed by atoms with E-state index in [1.54, 1.807) is 0 Å². The zero-order chi connectivity index (χ0) is 14.1. The van der Waals surface area contributed by atoms with Crippen molar-refractivity contribution in [2.24, 2.45) is 5.73 Å². The molecule has 0 atom stereocenters. The van der Waals surface area contributed by atoms with Crippen LogP contribution in [0.15, 0.2) is 21.0 Å². The smallest absolute Gasteiger partial charge is 0.177 e. The molecule has 0 bridgehead atoms. The number of rotatable bonds is 1. The van der Waals surface area contributed by atoms with Crippen LogP contribution >= 0.6 is 0 Å². The van der Waals surface area contributed by atoms with Gasteiger partial charge in [-0.3, -0.25) is 0 Å². The van der Waals surface area contributed by atoms with E-state index in [0.29, 0.717) is 16.6 Å². The Morgan fingerprint density at radius 1 is 1.05 bits per heavy atom. The van der Waals surface area contributed by atoms with E-state index in [1.165, 1.54) is 0 Å². The lowest BCUT2D eigenvalue weighted by Gasteiger charge is -2.38. The lowest BCUT2D eigenvalue weighted by Crippen LogP contribution is -2.43. The molecular weight excluding hydrogens is 254 g/mol. The standard InChI is InChI=1S/C16H17NO3/c1-8-6-10-12(16(17)4-3-5-16)14-11(7-9(2)19-14)13(18)15(10)20-8/h6-7,18H,3-5,17H2,1-2H3. The fraction of sp³-hybridized carbons (Fsp3) is 0.375. The molecule has 0 saturated heterocycles. The fourth-order valence-electron chi connectivity index (χ4n) is 3.30. The Labute approximate surface area is 116 Å². The first-order valence-electron chi connectivity index (χ1n) is 6.94. The normalized spacial score (nSPS) is 17.8. The maximum atomic E-state index is 10.4. The molecule has 104 valence electrons. The van der Waals surface area contributed by atoms with Gasteiger partial charge in [0.05, 0.1) is 5.39 Å². The number of aromatic hydroxyl groups is 1. The molecule has 4 heteroatoms. The summed E-state index contributed by atoms with van der Waals surface area (Å²) in [6.07, 6.45) is 2.99. The monoisotopic (exact) mass is 271 g/mol. The number of aryl methyl sites for hydroxylation is 2. The van der Waals surface area contributed by atoms with Gasteiger partial charge in [-0.15, -0.1) is 0 Å². The topological polar surface area (TPSA) is 72.5 Å². The molecule has 0 amide bonds. The number of furan rings is 2. The number of phenols is 1. The Morgan fingerprint density at radius 3 is 2.25 bits per heavy atom. The third-order valence-electron chi connectivity index (χ3n) is 4.42. The molecule has 0 aliphatic heterocycles. The Hall–Kier alpha value is -1.94. The van der Waals surface area contributed by atoms with Gasteiger partial charge in [0.25, 0.3) is 0 Å². The highest BCUT2D eigenvalue weighted by atomic mass is 16.4. The molecule has 0 spiro atoms. The minimum atomic E-state index is -0.370. The SMILES string of the molecule is Cc1cc2c(C3(N)CCC3)c3oc(C)cc3c(O)c2o1. The molecule has 1 fully saturated rings. The van der Waals surface area contributed by atoms with Gasteiger partial charge in [0.2, 0.25) is 0 Å². The van der Waals surface area contributed by atoms with E-state index >= 15 is 0 Å². The zero-order valence-corrected chi connectivity index (χ0v) is 11.6. The summed E-state index contributed by atoms with van der Waals surface area (Å²) in [4.78, 5) is 0. The van der Waals surface area contributed by atoms with Crippen LogP contribution in [0.2, 0.25) is 0 Å². The third kappa shape index (κ3) is 1.34. The summed E-state index contributed by atoms with van der Waals surface area (Å²) in [5.74, 6) is 1.68. The molecule has 4 rings (SSSR count). The number of phenolic OH excluding ortho intramolecular Hbond substituents is 1. The summed E-state index contributed by atoms with van der Waals surface area (Å²) in [5, 5.41) is 12.0. The van der Waals surface area contributed by atoms with Crippen LogP contribution < -0.4 is 5.73 Å². The van der Waals surface area contributed by atoms with Crippen LogP contribution in [-0.2, 0) is 5.54 Å². The average Bonchev–Trinajstić information content (AvgIpc) is 2.90. The number of hydrogen-bond donors (Lipinski definition) is 2. The van der Waals surface area contributed by atoms with Crippen molar-refractivity contribution in [2.45, 2.75) is 38.6 Å². The molecule has 1 aliphatic rings. The summed E-state index contributed by atoms with van der Waals surface area (Å²) in [6.45, 7) is 3.75. The highest BCUT2D eigenvalue weighted by Gasteiger charge is 2.39. The number of hydrogen-bond acceptors (Lipinski definition) is 4. The maximum Gasteiger partial charge on any atom is 0.177 e. The van der Waals surface area contributed by atoms with Gasteiger partial charge in [0, 0.05) is 16.5 Å². The third-order valence-corrected chi connectivity index (χ3v) is 4.42. The van der Waals surface area contributed by atoms with Gasteiger partial charge in [-0.05, 0) is 45.2 Å². The van der Waals surface area contributed by atoms with Gasteiger partial charge < -0.3 is 19.7 Å². The molecule has 1 aliphatic carbocycles. The molecule has 2 aromatic heterocycles. The van der Waals surface area contributed by atoms with Crippen molar-refractivity contribution >= 4 is 21.9 Å². The number of benzene rings is 1. The van der Waals surface area contributed by atoms with Crippen LogP contribution in [0.4, 0.5) is 0 Å². The highest BCUT2D eigenvalue weighted by Crippen LogP contribution is 2.49. The van der Waals surface area contributed by atoms with Gasteiger partial charge in [-0.2, -0.15) is 0 Å². The van der Waals surface area contributed by atoms with Crippen molar-refractivity contribution in [3.05, 3.63) is 29.2 Å². The van der Waals surface area contributed by atoms with Gasteiger partial charge in [0.1, 0.15) is 17.1 Å². The first-order chi connectivity index (χ1) is 9.49. The van der Waals surface area contributed by atoms with Crippen molar-refractivity contribution in [3.8, 4) is 5.75 Å². The van der Waals surface area contributed by atoms with Crippen LogP contribution in [0, 0.1) is 13.8 Å². The Balaban J connectivity index is 2.23. The molecule has 3 N–H and O–H groups in total.